The molecule has 2 aliphatic heterocycles. The minimum absolute atomic E-state index is 0.135. The van der Waals surface area contributed by atoms with E-state index in [-0.39, 0.29) is 11.8 Å². The largest absolute Gasteiger partial charge is 0.493 e. The van der Waals surface area contributed by atoms with Gasteiger partial charge in [0.1, 0.15) is 0 Å². The molecule has 0 atom stereocenters. The second-order valence-electron chi connectivity index (χ2n) is 9.29. The van der Waals surface area contributed by atoms with Crippen molar-refractivity contribution in [3.63, 3.8) is 0 Å². The molecular formula is C28H36N2O6. The lowest BCUT2D eigenvalue weighted by atomic mass is 9.98. The Hall–Kier alpha value is -3.42. The molecule has 0 unspecified atom stereocenters. The lowest BCUT2D eigenvalue weighted by Gasteiger charge is -2.30. The Morgan fingerprint density at radius 1 is 0.611 bits per heavy atom. The number of amides is 2. The smallest absolute Gasteiger partial charge is 0.222 e. The standard InChI is InChI=1S/C28H36N2O6/c1-33-23-13-19-9-11-29(17-21(19)15-25(23)35-3)27(31)7-5-6-8-28(32)30-12-10-20-14-24(34-2)26(36-4)16-22(20)18-30/h13-16H,5-12,17-18H2,1-4H3. The van der Waals surface area contributed by atoms with Gasteiger partial charge in [0.2, 0.25) is 11.8 Å². The van der Waals surface area contributed by atoms with E-state index in [2.05, 4.69) is 0 Å². The van der Waals surface area contributed by atoms with Gasteiger partial charge in [-0.25, -0.2) is 0 Å². The molecule has 0 saturated carbocycles. The third-order valence-corrected chi connectivity index (χ3v) is 7.17. The van der Waals surface area contributed by atoms with Gasteiger partial charge in [-0.3, -0.25) is 9.59 Å². The number of carbonyl (C=O) groups is 2. The molecule has 2 amide bonds. The molecule has 0 aromatic heterocycles. The van der Waals surface area contributed by atoms with Crippen LogP contribution in [0.4, 0.5) is 0 Å². The van der Waals surface area contributed by atoms with Crippen LogP contribution in [0.25, 0.3) is 0 Å². The Morgan fingerprint density at radius 2 is 0.944 bits per heavy atom. The Morgan fingerprint density at radius 3 is 1.28 bits per heavy atom. The molecule has 194 valence electrons. The predicted molar refractivity (Wildman–Crippen MR) is 136 cm³/mol. The molecule has 8 heteroatoms. The number of fused-ring (bicyclic) bond motifs is 2. The zero-order valence-electron chi connectivity index (χ0n) is 21.7. The summed E-state index contributed by atoms with van der Waals surface area (Å²) in [6.45, 7) is 2.55. The fraction of sp³-hybridized carbons (Fsp3) is 0.500. The van der Waals surface area contributed by atoms with Gasteiger partial charge in [-0.2, -0.15) is 0 Å². The molecule has 0 bridgehead atoms. The van der Waals surface area contributed by atoms with E-state index in [1.165, 1.54) is 11.1 Å². The van der Waals surface area contributed by atoms with E-state index in [0.29, 0.717) is 63.4 Å². The molecule has 0 fully saturated rings. The van der Waals surface area contributed by atoms with Gasteiger partial charge >= 0.3 is 0 Å². The first-order chi connectivity index (χ1) is 17.5. The Kier molecular flexibility index (Phi) is 8.23. The van der Waals surface area contributed by atoms with Crippen molar-refractivity contribution in [2.75, 3.05) is 41.5 Å². The monoisotopic (exact) mass is 496 g/mol. The van der Waals surface area contributed by atoms with E-state index in [9.17, 15) is 9.59 Å². The fourth-order valence-corrected chi connectivity index (χ4v) is 5.06. The van der Waals surface area contributed by atoms with Crippen LogP contribution in [0.3, 0.4) is 0 Å². The van der Waals surface area contributed by atoms with Crippen LogP contribution in [0.1, 0.15) is 47.9 Å². The summed E-state index contributed by atoms with van der Waals surface area (Å²) in [6, 6.07) is 7.95. The highest BCUT2D eigenvalue weighted by atomic mass is 16.5. The summed E-state index contributed by atoms with van der Waals surface area (Å²) >= 11 is 0. The summed E-state index contributed by atoms with van der Waals surface area (Å²) in [6.07, 6.45) is 3.91. The van der Waals surface area contributed by atoms with Gasteiger partial charge < -0.3 is 28.7 Å². The second kappa shape index (κ2) is 11.5. The maximum Gasteiger partial charge on any atom is 0.222 e. The van der Waals surface area contributed by atoms with Crippen LogP contribution >= 0.6 is 0 Å². The number of hydrogen-bond donors (Lipinski definition) is 0. The Bertz CT molecular complexity index is 1030. The summed E-state index contributed by atoms with van der Waals surface area (Å²) in [5.41, 5.74) is 4.59. The number of carbonyl (C=O) groups excluding carboxylic acids is 2. The first-order valence-corrected chi connectivity index (χ1v) is 12.5. The van der Waals surface area contributed by atoms with E-state index in [1.807, 2.05) is 34.1 Å². The molecule has 0 spiro atoms. The number of nitrogens with zero attached hydrogens (tertiary/aromatic N) is 2. The number of hydrogen-bond acceptors (Lipinski definition) is 6. The molecule has 0 radical (unpaired) electrons. The zero-order valence-corrected chi connectivity index (χ0v) is 21.7. The summed E-state index contributed by atoms with van der Waals surface area (Å²) < 4.78 is 21.6. The van der Waals surface area contributed by atoms with Crippen LogP contribution in [0.15, 0.2) is 24.3 Å². The van der Waals surface area contributed by atoms with Gasteiger partial charge in [-0.15, -0.1) is 0 Å². The minimum Gasteiger partial charge on any atom is -0.493 e. The molecule has 0 N–H and O–H groups in total. The molecule has 2 aromatic carbocycles. The van der Waals surface area contributed by atoms with Crippen LogP contribution in [-0.2, 0) is 35.5 Å². The second-order valence-corrected chi connectivity index (χ2v) is 9.29. The number of methoxy groups -OCH3 is 4. The molecular weight excluding hydrogens is 460 g/mol. The lowest BCUT2D eigenvalue weighted by Crippen LogP contribution is -2.36. The molecule has 36 heavy (non-hydrogen) atoms. The highest BCUT2D eigenvalue weighted by Crippen LogP contribution is 2.34. The van der Waals surface area contributed by atoms with Crippen molar-refractivity contribution < 1.29 is 28.5 Å². The van der Waals surface area contributed by atoms with E-state index < -0.39 is 0 Å². The van der Waals surface area contributed by atoms with Crippen molar-refractivity contribution in [3.05, 3.63) is 46.5 Å². The van der Waals surface area contributed by atoms with E-state index >= 15 is 0 Å². The predicted octanol–water partition coefficient (Wildman–Crippen LogP) is 3.75. The van der Waals surface area contributed by atoms with Gasteiger partial charge in [-0.05, 0) is 72.2 Å². The average Bonchev–Trinajstić information content (AvgIpc) is 2.92. The molecule has 2 heterocycles. The number of ether oxygens (including phenoxy) is 4. The number of rotatable bonds is 9. The van der Waals surface area contributed by atoms with Crippen LogP contribution in [0, 0.1) is 0 Å². The third-order valence-electron chi connectivity index (χ3n) is 7.17. The fourth-order valence-electron chi connectivity index (χ4n) is 5.06. The summed E-state index contributed by atoms with van der Waals surface area (Å²) in [7, 11) is 6.50. The van der Waals surface area contributed by atoms with Crippen molar-refractivity contribution in [3.8, 4) is 23.0 Å². The summed E-state index contributed by atoms with van der Waals surface area (Å²) in [5, 5.41) is 0. The molecule has 2 aromatic rings. The highest BCUT2D eigenvalue weighted by Gasteiger charge is 2.24. The van der Waals surface area contributed by atoms with Crippen LogP contribution in [-0.4, -0.2) is 63.1 Å². The van der Waals surface area contributed by atoms with Gasteiger partial charge in [0.15, 0.2) is 23.0 Å². The maximum atomic E-state index is 12.8. The summed E-state index contributed by atoms with van der Waals surface area (Å²) in [4.78, 5) is 29.5. The van der Waals surface area contributed by atoms with E-state index in [0.717, 1.165) is 35.5 Å². The van der Waals surface area contributed by atoms with Gasteiger partial charge in [0.05, 0.1) is 28.4 Å². The zero-order chi connectivity index (χ0) is 25.7. The molecule has 0 saturated heterocycles. The summed E-state index contributed by atoms with van der Waals surface area (Å²) in [5.74, 6) is 3.07. The Labute approximate surface area is 213 Å². The Balaban J connectivity index is 1.24. The van der Waals surface area contributed by atoms with Crippen LogP contribution in [0.2, 0.25) is 0 Å². The quantitative estimate of drug-likeness (QED) is 0.492. The SMILES string of the molecule is COc1cc2c(cc1OC)CN(C(=O)CCCCC(=O)N1CCc3cc(OC)c(OC)cc3C1)CC2. The molecule has 8 nitrogen and oxygen atoms in total. The van der Waals surface area contributed by atoms with Crippen LogP contribution in [0.5, 0.6) is 23.0 Å². The third kappa shape index (κ3) is 5.53. The van der Waals surface area contributed by atoms with E-state index in [1.54, 1.807) is 28.4 Å². The van der Waals surface area contributed by atoms with Gasteiger partial charge in [0.25, 0.3) is 0 Å². The van der Waals surface area contributed by atoms with Crippen LogP contribution < -0.4 is 18.9 Å². The lowest BCUT2D eigenvalue weighted by molar-refractivity contribution is -0.134. The van der Waals surface area contributed by atoms with Crippen molar-refractivity contribution in [2.45, 2.75) is 51.6 Å². The molecule has 2 aliphatic rings. The van der Waals surface area contributed by atoms with Crippen molar-refractivity contribution in [1.29, 1.82) is 0 Å². The van der Waals surface area contributed by atoms with Gasteiger partial charge in [-0.1, -0.05) is 0 Å². The topological polar surface area (TPSA) is 77.5 Å². The van der Waals surface area contributed by atoms with Crippen molar-refractivity contribution >= 4 is 11.8 Å². The molecule has 4 rings (SSSR count). The normalized spacial score (nSPS) is 14.6. The first kappa shape index (κ1) is 25.7. The minimum atomic E-state index is 0.135. The average molecular weight is 497 g/mol. The van der Waals surface area contributed by atoms with E-state index in [4.69, 9.17) is 18.9 Å². The highest BCUT2D eigenvalue weighted by molar-refractivity contribution is 5.78. The van der Waals surface area contributed by atoms with Crippen molar-refractivity contribution in [1.82, 2.24) is 9.80 Å². The number of benzene rings is 2. The van der Waals surface area contributed by atoms with Gasteiger partial charge in [0, 0.05) is 39.0 Å². The maximum absolute atomic E-state index is 12.8. The van der Waals surface area contributed by atoms with Crippen molar-refractivity contribution in [2.24, 2.45) is 0 Å². The first-order valence-electron chi connectivity index (χ1n) is 12.5. The molecule has 0 aliphatic carbocycles. The number of unbranched alkanes of at least 4 members (excludes halogenated alkanes) is 1.